The number of carbonyl (C=O) groups excluding carboxylic acids is 2. The Morgan fingerprint density at radius 3 is 2.30 bits per heavy atom. The quantitative estimate of drug-likeness (QED) is 0.798. The minimum Gasteiger partial charge on any atom is -0.350 e. The lowest BCUT2D eigenvalue weighted by Gasteiger charge is -2.17. The molecule has 0 bridgehead atoms. The van der Waals surface area contributed by atoms with Gasteiger partial charge >= 0.3 is 0 Å². The first kappa shape index (κ1) is 15.8. The highest BCUT2D eigenvalue weighted by Gasteiger charge is 2.39. The highest BCUT2D eigenvalue weighted by Crippen LogP contribution is 2.31. The van der Waals surface area contributed by atoms with Crippen LogP contribution < -0.4 is 10.2 Å². The molecule has 2 amide bonds. The molecule has 0 unspecified atom stereocenters. The number of rotatable bonds is 3. The van der Waals surface area contributed by atoms with E-state index in [4.69, 9.17) is 11.6 Å². The number of amides is 2. The molecule has 1 aliphatic heterocycles. The van der Waals surface area contributed by atoms with Crippen molar-refractivity contribution in [2.24, 2.45) is 0 Å². The van der Waals surface area contributed by atoms with Crippen LogP contribution in [0.4, 0.5) is 11.4 Å². The first-order valence-corrected chi connectivity index (χ1v) is 8.03. The first-order chi connectivity index (χ1) is 11.0. The molecule has 0 saturated carbocycles. The minimum atomic E-state index is -0.523. The normalized spacial score (nSPS) is 14.7. The van der Waals surface area contributed by atoms with Crippen LogP contribution in [0.5, 0.6) is 0 Å². The molecule has 23 heavy (non-hydrogen) atoms. The van der Waals surface area contributed by atoms with Crippen molar-refractivity contribution >= 4 is 50.7 Å². The molecule has 2 aromatic carbocycles. The molecule has 3 rings (SSSR count). The van der Waals surface area contributed by atoms with E-state index in [9.17, 15) is 9.59 Å². The lowest BCUT2D eigenvalue weighted by Crippen LogP contribution is -2.32. The maximum atomic E-state index is 12.6. The standard InChI is InChI=1S/C17H12BrClN2O2/c1-10-4-2-3-5-13(10)21-16(22)14(19)15(17(21)23)20-12-8-6-11(18)7-9-12/h2-9,20H,1H3. The molecule has 2 aromatic rings. The number of anilines is 2. The van der Waals surface area contributed by atoms with E-state index in [1.165, 1.54) is 0 Å². The third-order valence-corrected chi connectivity index (χ3v) is 4.38. The van der Waals surface area contributed by atoms with E-state index in [-0.39, 0.29) is 10.7 Å². The summed E-state index contributed by atoms with van der Waals surface area (Å²) < 4.78 is 0.915. The van der Waals surface area contributed by atoms with Gasteiger partial charge in [0.2, 0.25) is 0 Å². The predicted octanol–water partition coefficient (Wildman–Crippen LogP) is 4.19. The van der Waals surface area contributed by atoms with E-state index in [1.807, 2.05) is 31.2 Å². The Balaban J connectivity index is 1.93. The van der Waals surface area contributed by atoms with Crippen LogP contribution >= 0.6 is 27.5 Å². The number of benzene rings is 2. The average molecular weight is 392 g/mol. The van der Waals surface area contributed by atoms with E-state index in [0.717, 1.165) is 14.9 Å². The van der Waals surface area contributed by atoms with Crippen LogP contribution in [-0.4, -0.2) is 11.8 Å². The van der Waals surface area contributed by atoms with Crippen LogP contribution in [0.2, 0.25) is 0 Å². The molecule has 0 radical (unpaired) electrons. The van der Waals surface area contributed by atoms with Crippen LogP contribution in [0, 0.1) is 6.92 Å². The molecular weight excluding hydrogens is 380 g/mol. The summed E-state index contributed by atoms with van der Waals surface area (Å²) in [4.78, 5) is 26.1. The molecule has 6 heteroatoms. The van der Waals surface area contributed by atoms with Crippen molar-refractivity contribution in [2.45, 2.75) is 6.92 Å². The molecule has 0 aliphatic carbocycles. The molecule has 0 fully saturated rings. The van der Waals surface area contributed by atoms with Gasteiger partial charge in [-0.1, -0.05) is 45.7 Å². The number of aryl methyl sites for hydroxylation is 1. The number of hydrogen-bond donors (Lipinski definition) is 1. The second kappa shape index (κ2) is 6.18. The molecule has 0 aromatic heterocycles. The fourth-order valence-electron chi connectivity index (χ4n) is 2.32. The fourth-order valence-corrected chi connectivity index (χ4v) is 2.80. The summed E-state index contributed by atoms with van der Waals surface area (Å²) in [5.74, 6) is -0.984. The number of halogens is 2. The minimum absolute atomic E-state index is 0.0854. The van der Waals surface area contributed by atoms with Crippen LogP contribution in [0.25, 0.3) is 0 Å². The highest BCUT2D eigenvalue weighted by atomic mass is 79.9. The summed E-state index contributed by atoms with van der Waals surface area (Å²) in [6, 6.07) is 14.4. The van der Waals surface area contributed by atoms with Crippen molar-refractivity contribution in [3.63, 3.8) is 0 Å². The molecular formula is C17H12BrClN2O2. The van der Waals surface area contributed by atoms with E-state index >= 15 is 0 Å². The molecule has 4 nitrogen and oxygen atoms in total. The van der Waals surface area contributed by atoms with E-state index in [1.54, 1.807) is 24.3 Å². The molecule has 0 atom stereocenters. The Morgan fingerprint density at radius 2 is 1.65 bits per heavy atom. The van der Waals surface area contributed by atoms with Crippen LogP contribution in [0.1, 0.15) is 5.56 Å². The van der Waals surface area contributed by atoms with Crippen molar-refractivity contribution in [1.82, 2.24) is 0 Å². The molecule has 0 saturated heterocycles. The van der Waals surface area contributed by atoms with Gasteiger partial charge in [-0.05, 0) is 42.8 Å². The van der Waals surface area contributed by atoms with Gasteiger partial charge in [-0.15, -0.1) is 0 Å². The van der Waals surface area contributed by atoms with Gasteiger partial charge in [0.15, 0.2) is 0 Å². The molecule has 1 aliphatic rings. The molecule has 0 spiro atoms. The van der Waals surface area contributed by atoms with Crippen molar-refractivity contribution in [2.75, 3.05) is 10.2 Å². The summed E-state index contributed by atoms with van der Waals surface area (Å²) in [6.07, 6.45) is 0. The van der Waals surface area contributed by atoms with Gasteiger partial charge < -0.3 is 5.32 Å². The largest absolute Gasteiger partial charge is 0.350 e. The van der Waals surface area contributed by atoms with Gasteiger partial charge in [-0.3, -0.25) is 9.59 Å². The molecule has 1 N–H and O–H groups in total. The fraction of sp³-hybridized carbons (Fsp3) is 0.0588. The Labute approximate surface area is 146 Å². The summed E-state index contributed by atoms with van der Waals surface area (Å²) >= 11 is 9.44. The number of para-hydroxylation sites is 1. The predicted molar refractivity (Wildman–Crippen MR) is 94.3 cm³/mol. The SMILES string of the molecule is Cc1ccccc1N1C(=O)C(Cl)=C(Nc2ccc(Br)cc2)C1=O. The number of nitrogens with zero attached hydrogens (tertiary/aromatic N) is 1. The first-order valence-electron chi connectivity index (χ1n) is 6.86. The maximum Gasteiger partial charge on any atom is 0.283 e. The van der Waals surface area contributed by atoms with Gasteiger partial charge in [0.1, 0.15) is 10.7 Å². The van der Waals surface area contributed by atoms with Crippen molar-refractivity contribution in [1.29, 1.82) is 0 Å². The van der Waals surface area contributed by atoms with Gasteiger partial charge in [0, 0.05) is 10.2 Å². The third kappa shape index (κ3) is 2.90. The van der Waals surface area contributed by atoms with Crippen LogP contribution in [-0.2, 0) is 9.59 Å². The Kier molecular flexibility index (Phi) is 4.24. The third-order valence-electron chi connectivity index (χ3n) is 3.50. The topological polar surface area (TPSA) is 49.4 Å². The zero-order valence-electron chi connectivity index (χ0n) is 12.1. The van der Waals surface area contributed by atoms with Gasteiger partial charge in [0.25, 0.3) is 11.8 Å². The van der Waals surface area contributed by atoms with Gasteiger partial charge in [-0.2, -0.15) is 0 Å². The summed E-state index contributed by atoms with van der Waals surface area (Å²) in [6.45, 7) is 1.84. The zero-order valence-corrected chi connectivity index (χ0v) is 14.5. The van der Waals surface area contributed by atoms with Gasteiger partial charge in [-0.25, -0.2) is 4.90 Å². The number of imide groups is 1. The summed E-state index contributed by atoms with van der Waals surface area (Å²) in [7, 11) is 0. The monoisotopic (exact) mass is 390 g/mol. The number of carbonyl (C=O) groups is 2. The average Bonchev–Trinajstić information content (AvgIpc) is 2.74. The Hall–Kier alpha value is -2.11. The maximum absolute atomic E-state index is 12.6. The molecule has 116 valence electrons. The van der Waals surface area contributed by atoms with Crippen LogP contribution in [0.3, 0.4) is 0 Å². The highest BCUT2D eigenvalue weighted by molar-refractivity contribution is 9.10. The van der Waals surface area contributed by atoms with E-state index in [0.29, 0.717) is 11.4 Å². The van der Waals surface area contributed by atoms with Gasteiger partial charge in [0.05, 0.1) is 5.69 Å². The van der Waals surface area contributed by atoms with E-state index < -0.39 is 11.8 Å². The number of hydrogen-bond acceptors (Lipinski definition) is 3. The second-order valence-corrected chi connectivity index (χ2v) is 6.35. The van der Waals surface area contributed by atoms with Crippen molar-refractivity contribution in [3.05, 3.63) is 69.3 Å². The Morgan fingerprint density at radius 1 is 1.00 bits per heavy atom. The van der Waals surface area contributed by atoms with Crippen LogP contribution in [0.15, 0.2) is 63.7 Å². The lowest BCUT2D eigenvalue weighted by molar-refractivity contribution is -0.120. The Bertz CT molecular complexity index is 831. The summed E-state index contributed by atoms with van der Waals surface area (Å²) in [5.41, 5.74) is 2.12. The number of nitrogens with one attached hydrogen (secondary N) is 1. The van der Waals surface area contributed by atoms with Crippen molar-refractivity contribution < 1.29 is 9.59 Å². The summed E-state index contributed by atoms with van der Waals surface area (Å²) in [5, 5.41) is 2.82. The van der Waals surface area contributed by atoms with Crippen molar-refractivity contribution in [3.8, 4) is 0 Å². The lowest BCUT2D eigenvalue weighted by atomic mass is 10.2. The smallest absolute Gasteiger partial charge is 0.283 e. The molecule has 1 heterocycles. The van der Waals surface area contributed by atoms with E-state index in [2.05, 4.69) is 21.2 Å². The second-order valence-electron chi connectivity index (χ2n) is 5.05. The zero-order chi connectivity index (χ0) is 16.6.